The van der Waals surface area contributed by atoms with Crippen LogP contribution in [0, 0.1) is 19.3 Å². The molecule has 0 unspecified atom stereocenters. The highest BCUT2D eigenvalue weighted by Gasteiger charge is 2.51. The van der Waals surface area contributed by atoms with Crippen LogP contribution in [0.2, 0.25) is 0 Å². The predicted octanol–water partition coefficient (Wildman–Crippen LogP) is 3.67. The molecule has 3 aromatic rings. The maximum absolute atomic E-state index is 13.4. The van der Waals surface area contributed by atoms with Gasteiger partial charge in [-0.15, -0.1) is 6.42 Å². The van der Waals surface area contributed by atoms with Crippen LogP contribution in [0.5, 0.6) is 5.75 Å². The number of hydrogen-bond acceptors (Lipinski definition) is 5. The lowest BCUT2D eigenvalue weighted by Gasteiger charge is -2.40. The number of carbonyl (C=O) groups excluding carboxylic acids is 2. The van der Waals surface area contributed by atoms with Crippen LogP contribution in [-0.2, 0) is 19.9 Å². The van der Waals surface area contributed by atoms with Gasteiger partial charge >= 0.3 is 5.97 Å². The van der Waals surface area contributed by atoms with E-state index in [2.05, 4.69) is 10.6 Å². The van der Waals surface area contributed by atoms with Crippen molar-refractivity contribution in [1.29, 1.82) is 0 Å². The van der Waals surface area contributed by atoms with Crippen molar-refractivity contribution >= 4 is 17.6 Å². The Morgan fingerprint density at radius 3 is 2.22 bits per heavy atom. The maximum Gasteiger partial charge on any atom is 0.338 e. The smallest absolute Gasteiger partial charge is 0.338 e. The van der Waals surface area contributed by atoms with Gasteiger partial charge in [-0.2, -0.15) is 0 Å². The Labute approximate surface area is 187 Å². The molecule has 3 aromatic carbocycles. The number of anilines is 1. The number of para-hydroxylation sites is 2. The van der Waals surface area contributed by atoms with E-state index in [-0.39, 0.29) is 5.75 Å². The number of rotatable bonds is 7. The summed E-state index contributed by atoms with van der Waals surface area (Å²) >= 11 is 0. The number of aromatic hydroxyl groups is 1. The van der Waals surface area contributed by atoms with Crippen molar-refractivity contribution in [2.24, 2.45) is 0 Å². The second-order valence-electron chi connectivity index (χ2n) is 7.27. The zero-order valence-electron chi connectivity index (χ0n) is 17.8. The minimum absolute atomic E-state index is 0.0142. The van der Waals surface area contributed by atoms with E-state index in [1.165, 1.54) is 13.2 Å². The van der Waals surface area contributed by atoms with Gasteiger partial charge in [0.15, 0.2) is 5.54 Å². The second-order valence-corrected chi connectivity index (χ2v) is 7.27. The number of phenols is 1. The third-order valence-corrected chi connectivity index (χ3v) is 5.23. The van der Waals surface area contributed by atoms with Crippen LogP contribution < -0.4 is 10.6 Å². The second kappa shape index (κ2) is 9.71. The van der Waals surface area contributed by atoms with Crippen molar-refractivity contribution < 1.29 is 19.4 Å². The summed E-state index contributed by atoms with van der Waals surface area (Å²) in [5, 5.41) is 16.4. The fourth-order valence-corrected chi connectivity index (χ4v) is 3.63. The van der Waals surface area contributed by atoms with E-state index in [0.717, 1.165) is 5.56 Å². The number of amides is 1. The first-order chi connectivity index (χ1) is 15.4. The largest absolute Gasteiger partial charge is 0.506 e. The van der Waals surface area contributed by atoms with Gasteiger partial charge in [0.1, 0.15) is 5.75 Å². The van der Waals surface area contributed by atoms with Gasteiger partial charge in [0, 0.05) is 0 Å². The van der Waals surface area contributed by atoms with Crippen LogP contribution in [0.4, 0.5) is 5.69 Å². The Balaban J connectivity index is 2.32. The molecule has 0 bridgehead atoms. The minimum Gasteiger partial charge on any atom is -0.506 e. The number of carbonyl (C=O) groups is 2. The number of benzene rings is 3. The summed E-state index contributed by atoms with van der Waals surface area (Å²) in [5.41, 5.74) is 0.787. The molecule has 6 nitrogen and oxygen atoms in total. The highest BCUT2D eigenvalue weighted by atomic mass is 16.5. The molecule has 1 amide bonds. The molecule has 0 saturated heterocycles. The number of hydrogen-bond donors (Lipinski definition) is 3. The fraction of sp³-hybridized carbons (Fsp3) is 0.154. The van der Waals surface area contributed by atoms with Crippen LogP contribution in [0.25, 0.3) is 0 Å². The van der Waals surface area contributed by atoms with E-state index in [1.807, 2.05) is 37.1 Å². The number of aryl methyl sites for hydroxylation is 1. The summed E-state index contributed by atoms with van der Waals surface area (Å²) in [5.74, 6) is 0.507. The van der Waals surface area contributed by atoms with Crippen LogP contribution in [0.1, 0.15) is 22.7 Å². The first-order valence-electron chi connectivity index (χ1n) is 9.96. The molecule has 0 radical (unpaired) electrons. The molecule has 0 aliphatic carbocycles. The van der Waals surface area contributed by atoms with Crippen LogP contribution in [0.3, 0.4) is 0 Å². The lowest BCUT2D eigenvalue weighted by molar-refractivity contribution is -0.152. The number of esters is 1. The Hall–Kier alpha value is -4.24. The van der Waals surface area contributed by atoms with Crippen LogP contribution in [-0.4, -0.2) is 24.1 Å². The zero-order valence-corrected chi connectivity index (χ0v) is 17.8. The van der Waals surface area contributed by atoms with E-state index in [1.54, 1.807) is 48.5 Å². The molecule has 3 rings (SSSR count). The first-order valence-corrected chi connectivity index (χ1v) is 9.96. The molecular weight excluding hydrogens is 404 g/mol. The maximum atomic E-state index is 13.4. The number of methoxy groups -OCH3 is 1. The van der Waals surface area contributed by atoms with Crippen molar-refractivity contribution in [3.05, 3.63) is 95.6 Å². The topological polar surface area (TPSA) is 87.7 Å². The fourth-order valence-electron chi connectivity index (χ4n) is 3.63. The number of phenolic OH excluding ortho intramolecular Hbond substituents is 1. The molecule has 0 heterocycles. The monoisotopic (exact) mass is 428 g/mol. The molecule has 0 fully saturated rings. The van der Waals surface area contributed by atoms with E-state index in [4.69, 9.17) is 11.2 Å². The van der Waals surface area contributed by atoms with Crippen molar-refractivity contribution in [2.75, 3.05) is 12.4 Å². The molecular formula is C26H24N2O4. The van der Waals surface area contributed by atoms with E-state index < -0.39 is 23.5 Å². The molecule has 0 spiro atoms. The van der Waals surface area contributed by atoms with Gasteiger partial charge in [0.25, 0.3) is 5.91 Å². The van der Waals surface area contributed by atoms with Gasteiger partial charge < -0.3 is 20.5 Å². The summed E-state index contributed by atoms with van der Waals surface area (Å²) < 4.78 is 5.18. The van der Waals surface area contributed by atoms with Crippen molar-refractivity contribution in [3.63, 3.8) is 0 Å². The van der Waals surface area contributed by atoms with Crippen LogP contribution in [0.15, 0.2) is 78.9 Å². The quantitative estimate of drug-likeness (QED) is 0.304. The highest BCUT2D eigenvalue weighted by Crippen LogP contribution is 2.40. The molecule has 0 aliphatic heterocycles. The lowest BCUT2D eigenvalue weighted by atomic mass is 9.78. The van der Waals surface area contributed by atoms with E-state index in [0.29, 0.717) is 16.8 Å². The third-order valence-electron chi connectivity index (χ3n) is 5.23. The summed E-state index contributed by atoms with van der Waals surface area (Å²) in [7, 11) is 1.24. The summed E-state index contributed by atoms with van der Waals surface area (Å²) in [4.78, 5) is 25.9. The zero-order chi connectivity index (χ0) is 23.1. The summed E-state index contributed by atoms with van der Waals surface area (Å²) in [6, 6.07) is 21.9. The first kappa shape index (κ1) is 22.4. The van der Waals surface area contributed by atoms with Gasteiger partial charge in [-0.1, -0.05) is 72.3 Å². The average molecular weight is 428 g/mol. The van der Waals surface area contributed by atoms with Crippen molar-refractivity contribution in [1.82, 2.24) is 5.32 Å². The van der Waals surface area contributed by atoms with Gasteiger partial charge in [0.2, 0.25) is 0 Å². The van der Waals surface area contributed by atoms with E-state index >= 15 is 0 Å². The summed E-state index contributed by atoms with van der Waals surface area (Å²) in [6.45, 7) is 1.94. The Bertz CT molecular complexity index is 1140. The number of nitrogens with one attached hydrogen (secondary N) is 2. The van der Waals surface area contributed by atoms with Gasteiger partial charge in [-0.25, -0.2) is 4.79 Å². The Kier molecular flexibility index (Phi) is 6.81. The average Bonchev–Trinajstić information content (AvgIpc) is 2.83. The van der Waals surface area contributed by atoms with E-state index in [9.17, 15) is 14.7 Å². The Morgan fingerprint density at radius 1 is 1.00 bits per heavy atom. The molecule has 3 N–H and O–H groups in total. The molecule has 6 heteroatoms. The predicted molar refractivity (Wildman–Crippen MR) is 123 cm³/mol. The normalized spacial score (nSPS) is 13.2. The molecule has 2 atom stereocenters. The van der Waals surface area contributed by atoms with Gasteiger partial charge in [-0.05, 0) is 36.1 Å². The molecule has 0 aromatic heterocycles. The number of ether oxygens (including phenoxy) is 1. The number of terminal acetylenes is 1. The van der Waals surface area contributed by atoms with Crippen LogP contribution >= 0.6 is 0 Å². The molecule has 0 saturated carbocycles. The Morgan fingerprint density at radius 2 is 1.62 bits per heavy atom. The van der Waals surface area contributed by atoms with Crippen molar-refractivity contribution in [2.45, 2.75) is 18.5 Å². The van der Waals surface area contributed by atoms with Gasteiger partial charge in [-0.3, -0.25) is 4.79 Å². The minimum atomic E-state index is -1.74. The SMILES string of the molecule is C#CC(=O)N[C@@](C(=O)OC)(c1ccccc1)[C@@H](Nc1ccccc1O)c1ccc(C)cc1. The van der Waals surface area contributed by atoms with Crippen molar-refractivity contribution in [3.8, 4) is 18.1 Å². The molecule has 0 aliphatic rings. The highest BCUT2D eigenvalue weighted by molar-refractivity contribution is 5.98. The summed E-state index contributed by atoms with van der Waals surface area (Å²) in [6.07, 6.45) is 5.36. The third kappa shape index (κ3) is 4.42. The standard InChI is InChI=1S/C26H24N2O4/c1-4-23(30)28-26(25(31)32-3,20-10-6-5-7-11-20)24(19-16-14-18(2)15-17-19)27-21-12-8-9-13-22(21)29/h1,5-17,24,27,29H,2-3H3,(H,28,30)/t24-,26-/m0/s1. The molecule has 162 valence electrons. The molecule has 32 heavy (non-hydrogen) atoms. The lowest BCUT2D eigenvalue weighted by Crippen LogP contribution is -2.58. The van der Waals surface area contributed by atoms with Gasteiger partial charge in [0.05, 0.1) is 18.8 Å².